The van der Waals surface area contributed by atoms with Crippen molar-refractivity contribution in [3.05, 3.63) is 10.6 Å². The quantitative estimate of drug-likeness (QED) is 0.317. The van der Waals surface area contributed by atoms with E-state index in [1.54, 1.807) is 6.92 Å². The predicted octanol–water partition coefficient (Wildman–Crippen LogP) is -3.08. The molecule has 0 bridgehead atoms. The zero-order valence-corrected chi connectivity index (χ0v) is 17.7. The van der Waals surface area contributed by atoms with E-state index in [0.717, 1.165) is 25.9 Å². The van der Waals surface area contributed by atoms with Crippen LogP contribution in [0.1, 0.15) is 26.7 Å². The number of aliphatic carboxylic acids is 1. The number of aliphatic hydroxyl groups is 1. The average Bonchev–Trinajstić information content (AvgIpc) is 3.06. The Bertz CT molecular complexity index is 604. The molecule has 0 spiro atoms. The summed E-state index contributed by atoms with van der Waals surface area (Å²) in [5.74, 6) is -2.44. The van der Waals surface area contributed by atoms with Crippen LogP contribution in [0.2, 0.25) is 0 Å². The molecule has 0 unspecified atom stereocenters. The molecular formula is C15H19N2NaO4S2. The SMILES string of the molecule is C[C@@H](O)[C@H]1C(=O)N2C(C(=O)[O-])=C(SC(=S)N3CCCC3)[C@H](C)[C@H]12.[Na+]. The standard InChI is InChI=1S/C15H20N2O4S2.Na/c1-7-10-9(8(2)18)13(19)17(10)11(14(20)21)12(7)23-15(22)16-5-3-4-6-16;/h7-10,18H,3-6H2,1-2H3,(H,20,21);/q;+1/p-1/t7-,8-,9-,10-;/m1./s1. The Morgan fingerprint density at radius 1 is 1.42 bits per heavy atom. The molecule has 6 nitrogen and oxygen atoms in total. The number of carboxylic acid groups (broad SMARTS) is 1. The van der Waals surface area contributed by atoms with Gasteiger partial charge in [0.25, 0.3) is 0 Å². The number of carbonyl (C=O) groups excluding carboxylic acids is 2. The molecule has 0 saturated carbocycles. The van der Waals surface area contributed by atoms with Crippen molar-refractivity contribution in [2.24, 2.45) is 11.8 Å². The number of carbonyl (C=O) groups is 2. The van der Waals surface area contributed by atoms with Crippen molar-refractivity contribution in [2.75, 3.05) is 13.1 Å². The molecule has 24 heavy (non-hydrogen) atoms. The fourth-order valence-electron chi connectivity index (χ4n) is 3.71. The fraction of sp³-hybridized carbons (Fsp3) is 0.667. The number of nitrogens with zero attached hydrogens (tertiary/aromatic N) is 2. The van der Waals surface area contributed by atoms with E-state index in [-0.39, 0.29) is 53.1 Å². The van der Waals surface area contributed by atoms with Gasteiger partial charge in [-0.05, 0) is 19.8 Å². The second-order valence-corrected chi connectivity index (χ2v) is 7.99. The summed E-state index contributed by atoms with van der Waals surface area (Å²) in [5, 5.41) is 21.4. The first-order valence-electron chi connectivity index (χ1n) is 7.78. The van der Waals surface area contributed by atoms with E-state index in [0.29, 0.717) is 9.23 Å². The minimum absolute atomic E-state index is 0. The van der Waals surface area contributed by atoms with E-state index >= 15 is 0 Å². The minimum atomic E-state index is -1.36. The number of β-lactam (4-membered cyclic amide) rings is 1. The van der Waals surface area contributed by atoms with Crippen LogP contribution in [0, 0.1) is 11.8 Å². The molecule has 2 saturated heterocycles. The molecule has 3 heterocycles. The topological polar surface area (TPSA) is 83.9 Å². The summed E-state index contributed by atoms with van der Waals surface area (Å²) in [6, 6.07) is -0.320. The van der Waals surface area contributed by atoms with E-state index in [1.807, 2.05) is 6.92 Å². The Kier molecular flexibility index (Phi) is 6.42. The Hall–Kier alpha value is -0.120. The first kappa shape index (κ1) is 20.2. The number of rotatable bonds is 3. The van der Waals surface area contributed by atoms with Crippen molar-refractivity contribution >= 4 is 40.2 Å². The Balaban J connectivity index is 0.00000208. The molecular weight excluding hydrogens is 359 g/mol. The Labute approximate surface area is 172 Å². The van der Waals surface area contributed by atoms with Crippen molar-refractivity contribution in [2.45, 2.75) is 38.8 Å². The molecule has 0 aromatic heterocycles. The van der Waals surface area contributed by atoms with Crippen LogP contribution in [-0.2, 0) is 9.59 Å². The summed E-state index contributed by atoms with van der Waals surface area (Å²) in [7, 11) is 0. The van der Waals surface area contributed by atoms with E-state index in [1.165, 1.54) is 16.7 Å². The first-order valence-corrected chi connectivity index (χ1v) is 9.00. The molecule has 1 N–H and O–H groups in total. The summed E-state index contributed by atoms with van der Waals surface area (Å²) in [6.45, 7) is 5.21. The van der Waals surface area contributed by atoms with Gasteiger partial charge in [-0.3, -0.25) is 4.79 Å². The molecule has 0 aliphatic carbocycles. The number of hydrogen-bond acceptors (Lipinski definition) is 6. The molecule has 9 heteroatoms. The average molecular weight is 378 g/mol. The van der Waals surface area contributed by atoms with Crippen LogP contribution in [0.15, 0.2) is 10.6 Å². The summed E-state index contributed by atoms with van der Waals surface area (Å²) in [5.41, 5.74) is -0.0732. The number of amides is 1. The second kappa shape index (κ2) is 7.63. The van der Waals surface area contributed by atoms with Crippen molar-refractivity contribution in [3.63, 3.8) is 0 Å². The van der Waals surface area contributed by atoms with Crippen molar-refractivity contribution in [1.29, 1.82) is 0 Å². The number of fused-ring (bicyclic) bond motifs is 1. The van der Waals surface area contributed by atoms with Crippen LogP contribution in [0.3, 0.4) is 0 Å². The van der Waals surface area contributed by atoms with Crippen molar-refractivity contribution in [1.82, 2.24) is 9.80 Å². The van der Waals surface area contributed by atoms with Gasteiger partial charge in [0.15, 0.2) is 0 Å². The normalized spacial score (nSPS) is 30.0. The number of thioether (sulfide) groups is 1. The number of hydrogen-bond donors (Lipinski definition) is 1. The molecule has 3 rings (SSSR count). The Morgan fingerprint density at radius 3 is 2.50 bits per heavy atom. The number of aliphatic hydroxyl groups excluding tert-OH is 1. The fourth-order valence-corrected chi connectivity index (χ4v) is 5.26. The van der Waals surface area contributed by atoms with Crippen molar-refractivity contribution < 1.29 is 49.4 Å². The summed E-state index contributed by atoms with van der Waals surface area (Å²) in [4.78, 5) is 27.7. The van der Waals surface area contributed by atoms with Gasteiger partial charge in [0.05, 0.1) is 29.7 Å². The number of carboxylic acids is 1. The van der Waals surface area contributed by atoms with Crippen LogP contribution in [0.25, 0.3) is 0 Å². The molecule has 3 aliphatic heterocycles. The third kappa shape index (κ3) is 3.17. The zero-order chi connectivity index (χ0) is 16.9. The monoisotopic (exact) mass is 378 g/mol. The summed E-state index contributed by atoms with van der Waals surface area (Å²) in [6.07, 6.45) is 1.36. The van der Waals surface area contributed by atoms with E-state index in [2.05, 4.69) is 4.90 Å². The van der Waals surface area contributed by atoms with Crippen LogP contribution in [-0.4, -0.2) is 56.3 Å². The van der Waals surface area contributed by atoms with Crippen LogP contribution >= 0.6 is 24.0 Å². The molecule has 3 aliphatic rings. The summed E-state index contributed by atoms with van der Waals surface area (Å²) >= 11 is 6.69. The predicted molar refractivity (Wildman–Crippen MR) is 88.0 cm³/mol. The van der Waals surface area contributed by atoms with Gasteiger partial charge in [-0.15, -0.1) is 0 Å². The largest absolute Gasteiger partial charge is 1.00 e. The van der Waals surface area contributed by atoms with Crippen LogP contribution in [0.4, 0.5) is 0 Å². The molecule has 2 fully saturated rings. The second-order valence-electron chi connectivity index (χ2n) is 6.32. The third-order valence-electron chi connectivity index (χ3n) is 4.86. The maximum absolute atomic E-state index is 12.2. The maximum Gasteiger partial charge on any atom is 1.00 e. The van der Waals surface area contributed by atoms with Crippen LogP contribution in [0.5, 0.6) is 0 Å². The molecule has 1 amide bonds. The van der Waals surface area contributed by atoms with Gasteiger partial charge in [-0.25, -0.2) is 0 Å². The van der Waals surface area contributed by atoms with E-state index < -0.39 is 18.0 Å². The first-order chi connectivity index (χ1) is 10.8. The molecule has 0 aromatic rings. The van der Waals surface area contributed by atoms with Gasteiger partial charge in [-0.2, -0.15) is 0 Å². The smallest absolute Gasteiger partial charge is 0.543 e. The Morgan fingerprint density at radius 2 is 2.00 bits per heavy atom. The number of likely N-dealkylation sites (tertiary alicyclic amines) is 1. The van der Waals surface area contributed by atoms with Gasteiger partial charge in [-0.1, -0.05) is 30.9 Å². The van der Waals surface area contributed by atoms with Crippen LogP contribution < -0.4 is 34.7 Å². The van der Waals surface area contributed by atoms with Gasteiger partial charge < -0.3 is 24.8 Å². The maximum atomic E-state index is 12.2. The van der Waals surface area contributed by atoms with Gasteiger partial charge in [0.1, 0.15) is 4.32 Å². The van der Waals surface area contributed by atoms with Gasteiger partial charge in [0, 0.05) is 23.9 Å². The van der Waals surface area contributed by atoms with Crippen molar-refractivity contribution in [3.8, 4) is 0 Å². The van der Waals surface area contributed by atoms with E-state index in [9.17, 15) is 19.8 Å². The minimum Gasteiger partial charge on any atom is -0.543 e. The van der Waals surface area contributed by atoms with Gasteiger partial charge in [0.2, 0.25) is 5.91 Å². The third-order valence-corrected chi connectivity index (χ3v) is 6.59. The zero-order valence-electron chi connectivity index (χ0n) is 14.0. The summed E-state index contributed by atoms with van der Waals surface area (Å²) < 4.78 is 0.645. The molecule has 4 atom stereocenters. The van der Waals surface area contributed by atoms with E-state index in [4.69, 9.17) is 12.2 Å². The van der Waals surface area contributed by atoms with Gasteiger partial charge >= 0.3 is 29.6 Å². The molecule has 126 valence electrons. The molecule has 0 aromatic carbocycles. The molecule has 0 radical (unpaired) electrons. The number of thiocarbonyl (C=S) groups is 1.